The van der Waals surface area contributed by atoms with Gasteiger partial charge in [0.1, 0.15) is 40.9 Å². The molecule has 0 radical (unpaired) electrons. The molecule has 1 saturated carbocycles. The molecule has 0 bridgehead atoms. The summed E-state index contributed by atoms with van der Waals surface area (Å²) >= 11 is 1.27. The highest BCUT2D eigenvalue weighted by Gasteiger charge is 2.61. The first kappa shape index (κ1) is 43.1. The smallest absolute Gasteiger partial charge is 0.330 e. The van der Waals surface area contributed by atoms with Crippen molar-refractivity contribution < 1.29 is 38.6 Å². The Kier molecular flexibility index (Phi) is 12.1. The number of allylic oxidation sites excluding steroid dienone is 2. The minimum Gasteiger partial charge on any atom is -0.496 e. The van der Waals surface area contributed by atoms with E-state index < -0.39 is 58.9 Å². The van der Waals surface area contributed by atoms with Gasteiger partial charge in [-0.1, -0.05) is 53.7 Å². The van der Waals surface area contributed by atoms with Crippen molar-refractivity contribution in [2.75, 3.05) is 19.0 Å². The number of ether oxygens (including phenoxy) is 2. The number of carbonyl (C=O) groups excluding carboxylic acids is 4. The molecule has 0 spiro atoms. The summed E-state index contributed by atoms with van der Waals surface area (Å²) in [5.41, 5.74) is 0.554. The predicted octanol–water partition coefficient (Wildman–Crippen LogP) is 6.33. The number of aliphatic carboxylic acids is 1. The summed E-state index contributed by atoms with van der Waals surface area (Å²) in [6.45, 7) is 17.0. The summed E-state index contributed by atoms with van der Waals surface area (Å²) < 4.78 is 12.4. The Morgan fingerprint density at radius 2 is 1.83 bits per heavy atom. The highest BCUT2D eigenvalue weighted by Crippen LogP contribution is 2.45. The van der Waals surface area contributed by atoms with Gasteiger partial charge >= 0.3 is 12.0 Å². The highest BCUT2D eigenvalue weighted by atomic mass is 32.1. The number of benzene rings is 1. The van der Waals surface area contributed by atoms with Crippen LogP contribution in [0.1, 0.15) is 85.6 Å². The van der Waals surface area contributed by atoms with E-state index in [1.807, 2.05) is 66.7 Å². The molecule has 2 fully saturated rings. The van der Waals surface area contributed by atoms with Crippen LogP contribution in [0.25, 0.3) is 22.3 Å². The van der Waals surface area contributed by atoms with Crippen LogP contribution in [0.4, 0.5) is 9.93 Å². The zero-order chi connectivity index (χ0) is 43.0. The van der Waals surface area contributed by atoms with Crippen molar-refractivity contribution in [3.8, 4) is 22.9 Å². The number of hydrogen-bond acceptors (Lipinski definition) is 10. The Morgan fingerprint density at radius 1 is 1.08 bits per heavy atom. The maximum absolute atomic E-state index is 14.7. The molecule has 1 aromatic carbocycles. The number of aryl methyl sites for hydroxylation is 1. The van der Waals surface area contributed by atoms with Gasteiger partial charge in [-0.2, -0.15) is 0 Å². The Balaban J connectivity index is 1.34. The fraction of sp³-hybridized carbons (Fsp3) is 0.512. The van der Waals surface area contributed by atoms with Gasteiger partial charge in [-0.3, -0.25) is 14.4 Å². The monoisotopic (exact) mass is 829 g/mol. The van der Waals surface area contributed by atoms with Gasteiger partial charge < -0.3 is 40.7 Å². The van der Waals surface area contributed by atoms with Gasteiger partial charge in [0.15, 0.2) is 5.13 Å². The van der Waals surface area contributed by atoms with Gasteiger partial charge in [0.05, 0.1) is 24.9 Å². The van der Waals surface area contributed by atoms with Gasteiger partial charge in [0.25, 0.3) is 0 Å². The van der Waals surface area contributed by atoms with Gasteiger partial charge in [-0.15, -0.1) is 17.9 Å². The van der Waals surface area contributed by atoms with Crippen LogP contribution < -0.4 is 30.7 Å². The van der Waals surface area contributed by atoms with E-state index in [0.717, 1.165) is 30.5 Å². The quantitative estimate of drug-likeness (QED) is 0.121. The van der Waals surface area contributed by atoms with Crippen LogP contribution in [-0.4, -0.2) is 87.1 Å². The number of rotatable bonds is 13. The number of nitrogens with one attached hydrogen (secondary N) is 4. The minimum atomic E-state index is -1.53. The van der Waals surface area contributed by atoms with Crippen LogP contribution in [0, 0.1) is 23.7 Å². The average molecular weight is 830 g/mol. The third kappa shape index (κ3) is 9.53. The fourth-order valence-corrected chi connectivity index (χ4v) is 8.43. The lowest BCUT2D eigenvalue weighted by Crippen LogP contribution is -2.60. The van der Waals surface area contributed by atoms with Crippen LogP contribution in [-0.2, 0) is 19.2 Å². The molecule has 316 valence electrons. The molecule has 2 aromatic heterocycles. The number of aromatic nitrogens is 2. The van der Waals surface area contributed by atoms with Crippen molar-refractivity contribution in [3.63, 3.8) is 0 Å². The number of carbonyl (C=O) groups is 5. The summed E-state index contributed by atoms with van der Waals surface area (Å²) in [5.74, 6) is -1.95. The average Bonchev–Trinajstić information content (AvgIpc) is 3.56. The molecular weight excluding hydrogens is 775 g/mol. The second-order valence-electron chi connectivity index (χ2n) is 17.9. The number of amides is 5. The zero-order valence-electron chi connectivity index (χ0n) is 35.0. The number of carboxylic acid groups (broad SMARTS) is 1. The Labute approximate surface area is 348 Å². The SMILES string of the molecule is C=C[C@@H]1C[C@]1(NC(=O)[C@@H]1C[C@@H](Oc2cc(-c3csc(NC(=O)CC(C)(C)C)n3)nc3c(C)c(OC)ccc23)CN1C(=O)[C@@H](NC(=O)NC1=CCCC1)C(C)(C)C)C(=O)O. The van der Waals surface area contributed by atoms with Crippen LogP contribution in [0.15, 0.2) is 48.0 Å². The number of thiazole rings is 1. The summed E-state index contributed by atoms with van der Waals surface area (Å²) in [6.07, 6.45) is 5.73. The van der Waals surface area contributed by atoms with Crippen molar-refractivity contribution >= 4 is 57.1 Å². The Hall–Kier alpha value is -5.51. The summed E-state index contributed by atoms with van der Waals surface area (Å²) in [4.78, 5) is 78.3. The maximum atomic E-state index is 14.7. The van der Waals surface area contributed by atoms with Crippen molar-refractivity contribution in [1.82, 2.24) is 30.8 Å². The summed E-state index contributed by atoms with van der Waals surface area (Å²) in [5, 5.41) is 24.3. The second-order valence-corrected chi connectivity index (χ2v) is 18.8. The molecule has 5 amide bonds. The number of fused-ring (bicyclic) bond motifs is 1. The van der Waals surface area contributed by atoms with Crippen LogP contribution in [0.5, 0.6) is 11.5 Å². The van der Waals surface area contributed by atoms with E-state index in [9.17, 15) is 29.1 Å². The largest absolute Gasteiger partial charge is 0.496 e. The highest BCUT2D eigenvalue weighted by molar-refractivity contribution is 7.14. The first-order valence-corrected chi connectivity index (χ1v) is 20.8. The third-order valence-corrected chi connectivity index (χ3v) is 11.7. The number of anilines is 1. The molecule has 2 aliphatic carbocycles. The number of likely N-dealkylation sites (tertiary alicyclic amines) is 1. The molecular formula is C43H55N7O8S. The summed E-state index contributed by atoms with van der Waals surface area (Å²) in [7, 11) is 1.57. The first-order valence-electron chi connectivity index (χ1n) is 19.9. The predicted molar refractivity (Wildman–Crippen MR) is 225 cm³/mol. The number of methoxy groups -OCH3 is 1. The molecule has 5 atom stereocenters. The molecule has 59 heavy (non-hydrogen) atoms. The number of pyridine rings is 1. The number of nitrogens with zero attached hydrogens (tertiary/aromatic N) is 3. The van der Waals surface area contributed by atoms with Gasteiger partial charge in [0, 0.05) is 46.9 Å². The molecule has 1 saturated heterocycles. The third-order valence-electron chi connectivity index (χ3n) is 10.9. The van der Waals surface area contributed by atoms with E-state index in [1.165, 1.54) is 22.3 Å². The Morgan fingerprint density at radius 3 is 2.44 bits per heavy atom. The Bertz CT molecular complexity index is 2200. The van der Waals surface area contributed by atoms with Gasteiger partial charge in [-0.05, 0) is 55.6 Å². The van der Waals surface area contributed by atoms with Gasteiger partial charge in [-0.25, -0.2) is 19.6 Å². The van der Waals surface area contributed by atoms with Crippen LogP contribution >= 0.6 is 11.3 Å². The fourth-order valence-electron chi connectivity index (χ4n) is 7.71. The van der Waals surface area contributed by atoms with E-state index in [1.54, 1.807) is 18.6 Å². The molecule has 1 aliphatic heterocycles. The van der Waals surface area contributed by atoms with E-state index >= 15 is 0 Å². The number of hydrogen-bond donors (Lipinski definition) is 5. The molecule has 0 unspecified atom stereocenters. The zero-order valence-corrected chi connectivity index (χ0v) is 35.8. The number of carboxylic acids is 1. The van der Waals surface area contributed by atoms with E-state index in [4.69, 9.17) is 14.5 Å². The molecule has 3 aromatic rings. The lowest BCUT2D eigenvalue weighted by Gasteiger charge is -2.35. The van der Waals surface area contributed by atoms with Crippen molar-refractivity contribution in [2.24, 2.45) is 16.7 Å². The van der Waals surface area contributed by atoms with Gasteiger partial charge in [0.2, 0.25) is 17.7 Å². The first-order chi connectivity index (χ1) is 27.7. The number of urea groups is 1. The lowest BCUT2D eigenvalue weighted by atomic mass is 9.85. The van der Waals surface area contributed by atoms with Crippen LogP contribution in [0.3, 0.4) is 0 Å². The van der Waals surface area contributed by atoms with E-state index in [-0.39, 0.29) is 30.7 Å². The second kappa shape index (κ2) is 16.6. The molecule has 6 rings (SSSR count). The molecule has 5 N–H and O–H groups in total. The normalized spacial score (nSPS) is 21.9. The van der Waals surface area contributed by atoms with Crippen molar-refractivity contribution in [3.05, 3.63) is 53.6 Å². The molecule has 3 heterocycles. The topological polar surface area (TPSA) is 201 Å². The summed E-state index contributed by atoms with van der Waals surface area (Å²) in [6, 6.07) is 2.65. The standard InChI is InChI=1S/C43H55N7O8S/c1-10-24-19-43(24,38(54)55)49-36(52)30-17-26(21-50(30)37(53)35(42(6,7)8)48-39(56)44-25-13-11-12-14-25)58-32-18-28(45-34-23(2)31(57-9)16-15-27(32)34)29-22-59-40(46-29)47-33(51)20-41(3,4)5/h10,13,15-16,18,22,24,26,30,35H,1,11-12,14,17,19-21H2,2-9H3,(H,49,52)(H,54,55)(H2,44,48,56)(H,46,47,51)/t24-,26-,30+,35-,43-/m1/s1. The van der Waals surface area contributed by atoms with E-state index in [0.29, 0.717) is 45.3 Å². The van der Waals surface area contributed by atoms with Crippen LogP contribution in [0.2, 0.25) is 0 Å². The molecule has 16 heteroatoms. The van der Waals surface area contributed by atoms with E-state index in [2.05, 4.69) is 32.8 Å². The lowest BCUT2D eigenvalue weighted by molar-refractivity contribution is -0.146. The molecule has 15 nitrogen and oxygen atoms in total. The van der Waals surface area contributed by atoms with Crippen molar-refractivity contribution in [1.29, 1.82) is 0 Å². The minimum absolute atomic E-state index is 0.0247. The van der Waals surface area contributed by atoms with Crippen molar-refractivity contribution in [2.45, 2.75) is 111 Å². The maximum Gasteiger partial charge on any atom is 0.330 e. The molecule has 3 aliphatic rings.